The van der Waals surface area contributed by atoms with Gasteiger partial charge in [0.05, 0.1) is 6.42 Å². The van der Waals surface area contributed by atoms with Crippen molar-refractivity contribution in [2.75, 3.05) is 19.6 Å². The minimum atomic E-state index is 0.00147. The molecule has 1 saturated carbocycles. The van der Waals surface area contributed by atoms with Crippen molar-refractivity contribution in [3.8, 4) is 0 Å². The Balaban J connectivity index is 1.33. The lowest BCUT2D eigenvalue weighted by molar-refractivity contribution is -0.142. The lowest BCUT2D eigenvalue weighted by Gasteiger charge is -2.48. The molecular weight excluding hydrogens is 322 g/mol. The third-order valence-corrected chi connectivity index (χ3v) is 7.66. The summed E-state index contributed by atoms with van der Waals surface area (Å²) in [5, 5.41) is 0. The van der Waals surface area contributed by atoms with Gasteiger partial charge in [-0.05, 0) is 67.7 Å². The van der Waals surface area contributed by atoms with E-state index >= 15 is 0 Å². The van der Waals surface area contributed by atoms with Crippen LogP contribution in [0.2, 0.25) is 0 Å². The van der Waals surface area contributed by atoms with E-state index in [0.717, 1.165) is 12.3 Å². The van der Waals surface area contributed by atoms with Crippen molar-refractivity contribution in [3.05, 3.63) is 35.4 Å². The maximum atomic E-state index is 11.9. The summed E-state index contributed by atoms with van der Waals surface area (Å²) in [4.78, 5) is 14.7. The molecule has 2 unspecified atom stereocenters. The summed E-state index contributed by atoms with van der Waals surface area (Å²) in [5.74, 6) is 1.32. The summed E-state index contributed by atoms with van der Waals surface area (Å²) in [6, 6.07) is 8.81. The van der Waals surface area contributed by atoms with Gasteiger partial charge in [0.2, 0.25) is 0 Å². The molecule has 2 aliphatic heterocycles. The largest absolute Gasteiger partial charge is 0.457 e. The molecule has 0 bridgehead atoms. The summed E-state index contributed by atoms with van der Waals surface area (Å²) in [6.07, 6.45) is 11.5. The van der Waals surface area contributed by atoms with Gasteiger partial charge >= 0.3 is 5.97 Å². The van der Waals surface area contributed by atoms with Crippen LogP contribution in [-0.2, 0) is 14.9 Å². The van der Waals surface area contributed by atoms with E-state index in [9.17, 15) is 4.79 Å². The Labute approximate surface area is 157 Å². The lowest BCUT2D eigenvalue weighted by Crippen LogP contribution is -2.47. The Hall–Kier alpha value is -1.35. The highest BCUT2D eigenvalue weighted by Gasteiger charge is 2.50. The smallest absolute Gasteiger partial charge is 0.306 e. The van der Waals surface area contributed by atoms with Crippen molar-refractivity contribution < 1.29 is 9.53 Å². The number of ether oxygens (including phenoxy) is 1. The second kappa shape index (κ2) is 6.67. The van der Waals surface area contributed by atoms with Crippen molar-refractivity contribution in [1.29, 1.82) is 0 Å². The predicted molar refractivity (Wildman–Crippen MR) is 102 cm³/mol. The predicted octanol–water partition coefficient (Wildman–Crippen LogP) is 4.61. The molecule has 5 rings (SSSR count). The molecule has 1 spiro atoms. The van der Waals surface area contributed by atoms with Gasteiger partial charge in [-0.1, -0.05) is 43.5 Å². The Morgan fingerprint density at radius 3 is 2.65 bits per heavy atom. The van der Waals surface area contributed by atoms with Crippen LogP contribution in [0.4, 0.5) is 0 Å². The molecule has 0 aromatic heterocycles. The van der Waals surface area contributed by atoms with Crippen molar-refractivity contribution in [3.63, 3.8) is 0 Å². The second-order valence-corrected chi connectivity index (χ2v) is 9.25. The number of carbonyl (C=O) groups is 1. The quantitative estimate of drug-likeness (QED) is 0.727. The first-order chi connectivity index (χ1) is 12.7. The number of benzene rings is 1. The molecule has 26 heavy (non-hydrogen) atoms. The number of fused-ring (bicyclic) bond motifs is 4. The van der Waals surface area contributed by atoms with Crippen LogP contribution in [0.5, 0.6) is 0 Å². The average molecular weight is 354 g/mol. The SMILES string of the molecule is O=C1CC2CC3(CCN(CC4CCCCC4)CC3)c3ccccc3C2O1. The van der Waals surface area contributed by atoms with Crippen molar-refractivity contribution >= 4 is 5.97 Å². The number of hydrogen-bond acceptors (Lipinski definition) is 3. The number of likely N-dealkylation sites (tertiary alicyclic amines) is 1. The molecule has 1 aromatic rings. The van der Waals surface area contributed by atoms with Gasteiger partial charge in [-0.15, -0.1) is 0 Å². The van der Waals surface area contributed by atoms with E-state index in [1.807, 2.05) is 0 Å². The Morgan fingerprint density at radius 2 is 1.85 bits per heavy atom. The van der Waals surface area contributed by atoms with E-state index in [2.05, 4.69) is 29.2 Å². The highest BCUT2D eigenvalue weighted by atomic mass is 16.5. The Morgan fingerprint density at radius 1 is 1.08 bits per heavy atom. The standard InChI is InChI=1S/C23H31NO2/c25-21-14-18-15-23(20-9-5-4-8-19(20)22(18)26-21)10-12-24(13-11-23)16-17-6-2-1-3-7-17/h4-5,8-9,17-18,22H,1-3,6-7,10-16H2. The molecule has 0 amide bonds. The number of rotatable bonds is 2. The van der Waals surface area contributed by atoms with Crippen LogP contribution in [0, 0.1) is 11.8 Å². The number of piperidine rings is 1. The number of carbonyl (C=O) groups excluding carboxylic acids is 1. The van der Waals surface area contributed by atoms with E-state index < -0.39 is 0 Å². The Bertz CT molecular complexity index is 671. The molecule has 4 aliphatic rings. The zero-order chi connectivity index (χ0) is 17.6. The number of nitrogens with zero attached hydrogens (tertiary/aromatic N) is 1. The van der Waals surface area contributed by atoms with Gasteiger partial charge in [0.25, 0.3) is 0 Å². The minimum absolute atomic E-state index is 0.00147. The summed E-state index contributed by atoms with van der Waals surface area (Å²) in [6.45, 7) is 3.75. The van der Waals surface area contributed by atoms with E-state index in [4.69, 9.17) is 4.74 Å². The van der Waals surface area contributed by atoms with Crippen LogP contribution < -0.4 is 0 Å². The second-order valence-electron chi connectivity index (χ2n) is 9.25. The molecule has 1 aromatic carbocycles. The molecule has 3 nitrogen and oxygen atoms in total. The van der Waals surface area contributed by atoms with Crippen molar-refractivity contribution in [1.82, 2.24) is 4.90 Å². The molecular formula is C23H31NO2. The van der Waals surface area contributed by atoms with E-state index in [1.165, 1.54) is 75.7 Å². The summed E-state index contributed by atoms with van der Waals surface area (Å²) >= 11 is 0. The molecule has 2 heterocycles. The zero-order valence-corrected chi connectivity index (χ0v) is 15.8. The van der Waals surface area contributed by atoms with Gasteiger partial charge in [0, 0.05) is 12.5 Å². The fourth-order valence-corrected chi connectivity index (χ4v) is 6.32. The van der Waals surface area contributed by atoms with Crippen LogP contribution in [0.3, 0.4) is 0 Å². The molecule has 3 fully saturated rings. The van der Waals surface area contributed by atoms with Gasteiger partial charge < -0.3 is 9.64 Å². The van der Waals surface area contributed by atoms with Gasteiger partial charge in [-0.3, -0.25) is 4.79 Å². The fourth-order valence-electron chi connectivity index (χ4n) is 6.32. The zero-order valence-electron chi connectivity index (χ0n) is 15.8. The van der Waals surface area contributed by atoms with Gasteiger partial charge in [0.15, 0.2) is 0 Å². The first kappa shape index (κ1) is 16.8. The van der Waals surface area contributed by atoms with Crippen LogP contribution in [-0.4, -0.2) is 30.5 Å². The third kappa shape index (κ3) is 2.89. The van der Waals surface area contributed by atoms with Crippen molar-refractivity contribution in [2.45, 2.75) is 69.3 Å². The lowest BCUT2D eigenvalue weighted by atomic mass is 9.61. The van der Waals surface area contributed by atoms with E-state index in [0.29, 0.717) is 12.3 Å². The maximum Gasteiger partial charge on any atom is 0.306 e. The van der Waals surface area contributed by atoms with E-state index in [-0.39, 0.29) is 17.5 Å². The molecule has 0 N–H and O–H groups in total. The maximum absolute atomic E-state index is 11.9. The highest BCUT2D eigenvalue weighted by Crippen LogP contribution is 2.54. The Kier molecular flexibility index (Phi) is 4.31. The number of hydrogen-bond donors (Lipinski definition) is 0. The summed E-state index contributed by atoms with van der Waals surface area (Å²) in [5.41, 5.74) is 3.05. The van der Waals surface area contributed by atoms with Crippen molar-refractivity contribution in [2.24, 2.45) is 11.8 Å². The van der Waals surface area contributed by atoms with Crippen LogP contribution in [0.1, 0.15) is 75.0 Å². The van der Waals surface area contributed by atoms with Crippen LogP contribution in [0.15, 0.2) is 24.3 Å². The highest BCUT2D eigenvalue weighted by molar-refractivity contribution is 5.73. The summed E-state index contributed by atoms with van der Waals surface area (Å²) in [7, 11) is 0. The monoisotopic (exact) mass is 353 g/mol. The van der Waals surface area contributed by atoms with E-state index in [1.54, 1.807) is 0 Å². The molecule has 140 valence electrons. The molecule has 2 atom stereocenters. The first-order valence-corrected chi connectivity index (χ1v) is 10.7. The van der Waals surface area contributed by atoms with Gasteiger partial charge in [-0.2, -0.15) is 0 Å². The molecule has 2 aliphatic carbocycles. The fraction of sp³-hybridized carbons (Fsp3) is 0.696. The molecule has 3 heteroatoms. The third-order valence-electron chi connectivity index (χ3n) is 7.66. The molecule has 0 radical (unpaired) electrons. The average Bonchev–Trinajstić information content (AvgIpc) is 3.05. The first-order valence-electron chi connectivity index (χ1n) is 10.7. The summed E-state index contributed by atoms with van der Waals surface area (Å²) < 4.78 is 5.70. The van der Waals surface area contributed by atoms with Gasteiger partial charge in [-0.25, -0.2) is 0 Å². The molecule has 2 saturated heterocycles. The van der Waals surface area contributed by atoms with Crippen LogP contribution >= 0.6 is 0 Å². The minimum Gasteiger partial charge on any atom is -0.457 e. The number of esters is 1. The van der Waals surface area contributed by atoms with Gasteiger partial charge in [0.1, 0.15) is 6.10 Å². The normalized spacial score (nSPS) is 31.5. The van der Waals surface area contributed by atoms with Crippen LogP contribution in [0.25, 0.3) is 0 Å². The topological polar surface area (TPSA) is 29.5 Å².